The zero-order chi connectivity index (χ0) is 12.7. The lowest BCUT2D eigenvalue weighted by molar-refractivity contribution is -0.121. The van der Waals surface area contributed by atoms with Crippen molar-refractivity contribution >= 4 is 5.91 Å². The van der Waals surface area contributed by atoms with Gasteiger partial charge < -0.3 is 15.8 Å². The second-order valence-corrected chi connectivity index (χ2v) is 4.13. The maximum absolute atomic E-state index is 11.3. The molecule has 1 atom stereocenters. The van der Waals surface area contributed by atoms with Crippen LogP contribution in [0.5, 0.6) is 5.75 Å². The van der Waals surface area contributed by atoms with Gasteiger partial charge in [-0.2, -0.15) is 0 Å². The fraction of sp³-hybridized carbons (Fsp3) is 0.462. The van der Waals surface area contributed by atoms with E-state index in [1.54, 1.807) is 0 Å². The summed E-state index contributed by atoms with van der Waals surface area (Å²) in [6.45, 7) is 4.75. The SMILES string of the molecule is Cc1cccc(OCC(C)NC(=O)CCN)c1. The first-order valence-corrected chi connectivity index (χ1v) is 5.80. The average molecular weight is 236 g/mol. The Morgan fingerprint density at radius 1 is 1.53 bits per heavy atom. The average Bonchev–Trinajstić information content (AvgIpc) is 2.27. The van der Waals surface area contributed by atoms with E-state index in [1.165, 1.54) is 0 Å². The normalized spacial score (nSPS) is 11.9. The number of carbonyl (C=O) groups is 1. The number of carbonyl (C=O) groups excluding carboxylic acids is 1. The van der Waals surface area contributed by atoms with Crippen LogP contribution >= 0.6 is 0 Å². The first kappa shape index (κ1) is 13.5. The minimum Gasteiger partial charge on any atom is -0.491 e. The van der Waals surface area contributed by atoms with Gasteiger partial charge in [-0.15, -0.1) is 0 Å². The molecule has 0 spiro atoms. The molecule has 0 heterocycles. The zero-order valence-corrected chi connectivity index (χ0v) is 10.4. The number of nitrogens with one attached hydrogen (secondary N) is 1. The van der Waals surface area contributed by atoms with Crippen molar-refractivity contribution in [3.63, 3.8) is 0 Å². The smallest absolute Gasteiger partial charge is 0.221 e. The van der Waals surface area contributed by atoms with Crippen LogP contribution in [0.3, 0.4) is 0 Å². The lowest BCUT2D eigenvalue weighted by Crippen LogP contribution is -2.37. The Labute approximate surface area is 102 Å². The molecule has 1 amide bonds. The largest absolute Gasteiger partial charge is 0.491 e. The standard InChI is InChI=1S/C13H20N2O2/c1-10-4-3-5-12(8-10)17-9-11(2)15-13(16)6-7-14/h3-5,8,11H,6-7,9,14H2,1-2H3,(H,15,16). The van der Waals surface area contributed by atoms with Crippen molar-refractivity contribution in [3.05, 3.63) is 29.8 Å². The van der Waals surface area contributed by atoms with Crippen LogP contribution in [0.2, 0.25) is 0 Å². The van der Waals surface area contributed by atoms with Crippen molar-refractivity contribution in [3.8, 4) is 5.75 Å². The number of benzene rings is 1. The summed E-state index contributed by atoms with van der Waals surface area (Å²) in [5.41, 5.74) is 6.45. The number of ether oxygens (including phenoxy) is 1. The lowest BCUT2D eigenvalue weighted by Gasteiger charge is -2.15. The second-order valence-electron chi connectivity index (χ2n) is 4.13. The van der Waals surface area contributed by atoms with Crippen molar-refractivity contribution in [2.75, 3.05) is 13.2 Å². The summed E-state index contributed by atoms with van der Waals surface area (Å²) in [6.07, 6.45) is 0.356. The van der Waals surface area contributed by atoms with E-state index in [0.717, 1.165) is 11.3 Å². The maximum Gasteiger partial charge on any atom is 0.221 e. The number of rotatable bonds is 6. The summed E-state index contributed by atoms with van der Waals surface area (Å²) >= 11 is 0. The third kappa shape index (κ3) is 5.36. The van der Waals surface area contributed by atoms with Gasteiger partial charge in [-0.1, -0.05) is 12.1 Å². The quantitative estimate of drug-likeness (QED) is 0.780. The number of hydrogen-bond acceptors (Lipinski definition) is 3. The first-order valence-electron chi connectivity index (χ1n) is 5.80. The maximum atomic E-state index is 11.3. The van der Waals surface area contributed by atoms with E-state index in [-0.39, 0.29) is 11.9 Å². The molecule has 0 aliphatic heterocycles. The molecule has 1 unspecified atom stereocenters. The minimum absolute atomic E-state index is 0.0189. The van der Waals surface area contributed by atoms with Crippen LogP contribution in [-0.2, 0) is 4.79 Å². The van der Waals surface area contributed by atoms with E-state index in [1.807, 2.05) is 38.1 Å². The molecule has 0 aliphatic carbocycles. The Kier molecular flexibility index (Phi) is 5.49. The molecule has 94 valence electrons. The van der Waals surface area contributed by atoms with E-state index < -0.39 is 0 Å². The van der Waals surface area contributed by atoms with Gasteiger partial charge in [0.05, 0.1) is 6.04 Å². The topological polar surface area (TPSA) is 64.3 Å². The highest BCUT2D eigenvalue weighted by Gasteiger charge is 2.07. The van der Waals surface area contributed by atoms with Gasteiger partial charge in [0.2, 0.25) is 5.91 Å². The lowest BCUT2D eigenvalue weighted by atomic mass is 10.2. The van der Waals surface area contributed by atoms with Crippen LogP contribution in [0.1, 0.15) is 18.9 Å². The van der Waals surface area contributed by atoms with Crippen LogP contribution in [-0.4, -0.2) is 25.1 Å². The third-order valence-electron chi connectivity index (χ3n) is 2.27. The number of amides is 1. The Balaban J connectivity index is 2.33. The summed E-state index contributed by atoms with van der Waals surface area (Å²) in [6, 6.07) is 7.81. The van der Waals surface area contributed by atoms with Gasteiger partial charge in [-0.05, 0) is 31.5 Å². The van der Waals surface area contributed by atoms with Gasteiger partial charge in [0, 0.05) is 13.0 Å². The van der Waals surface area contributed by atoms with Crippen molar-refractivity contribution in [2.45, 2.75) is 26.3 Å². The molecule has 0 bridgehead atoms. The number of nitrogens with two attached hydrogens (primary N) is 1. The zero-order valence-electron chi connectivity index (χ0n) is 10.4. The molecular weight excluding hydrogens is 216 g/mol. The monoisotopic (exact) mass is 236 g/mol. The summed E-state index contributed by atoms with van der Waals surface area (Å²) in [5, 5.41) is 2.82. The molecule has 4 nitrogen and oxygen atoms in total. The molecule has 0 saturated heterocycles. The number of hydrogen-bond donors (Lipinski definition) is 2. The van der Waals surface area contributed by atoms with Crippen LogP contribution in [0.4, 0.5) is 0 Å². The first-order chi connectivity index (χ1) is 8.11. The van der Waals surface area contributed by atoms with E-state index in [0.29, 0.717) is 19.6 Å². The number of aryl methyl sites for hydroxylation is 1. The highest BCUT2D eigenvalue weighted by atomic mass is 16.5. The van der Waals surface area contributed by atoms with E-state index in [9.17, 15) is 4.79 Å². The highest BCUT2D eigenvalue weighted by molar-refractivity contribution is 5.76. The summed E-state index contributed by atoms with van der Waals surface area (Å²) < 4.78 is 5.58. The predicted molar refractivity (Wildman–Crippen MR) is 68.0 cm³/mol. The third-order valence-corrected chi connectivity index (χ3v) is 2.27. The summed E-state index contributed by atoms with van der Waals surface area (Å²) in [4.78, 5) is 11.3. The Bertz CT molecular complexity index is 366. The van der Waals surface area contributed by atoms with Gasteiger partial charge in [0.15, 0.2) is 0 Å². The van der Waals surface area contributed by atoms with Crippen molar-refractivity contribution in [1.29, 1.82) is 0 Å². The molecule has 3 N–H and O–H groups in total. The van der Waals surface area contributed by atoms with Gasteiger partial charge in [0.1, 0.15) is 12.4 Å². The van der Waals surface area contributed by atoms with Gasteiger partial charge in [-0.25, -0.2) is 0 Å². The molecule has 0 aliphatic rings. The van der Waals surface area contributed by atoms with Gasteiger partial charge in [0.25, 0.3) is 0 Å². The Morgan fingerprint density at radius 3 is 2.94 bits per heavy atom. The molecule has 0 radical (unpaired) electrons. The van der Waals surface area contributed by atoms with Crippen molar-refractivity contribution < 1.29 is 9.53 Å². The molecular formula is C13H20N2O2. The summed E-state index contributed by atoms with van der Waals surface area (Å²) in [7, 11) is 0. The molecule has 0 saturated carbocycles. The second kappa shape index (κ2) is 6.91. The molecule has 1 aromatic rings. The van der Waals surface area contributed by atoms with E-state index in [4.69, 9.17) is 10.5 Å². The summed E-state index contributed by atoms with van der Waals surface area (Å²) in [5.74, 6) is 0.790. The Hall–Kier alpha value is -1.55. The fourth-order valence-electron chi connectivity index (χ4n) is 1.45. The molecule has 4 heteroatoms. The fourth-order valence-corrected chi connectivity index (χ4v) is 1.45. The van der Waals surface area contributed by atoms with Gasteiger partial charge in [-0.3, -0.25) is 4.79 Å². The Morgan fingerprint density at radius 2 is 2.29 bits per heavy atom. The van der Waals surface area contributed by atoms with E-state index >= 15 is 0 Å². The van der Waals surface area contributed by atoms with Crippen LogP contribution in [0.15, 0.2) is 24.3 Å². The molecule has 0 fully saturated rings. The minimum atomic E-state index is -0.0344. The van der Waals surface area contributed by atoms with Crippen molar-refractivity contribution in [2.24, 2.45) is 5.73 Å². The molecule has 1 rings (SSSR count). The van der Waals surface area contributed by atoms with Crippen LogP contribution in [0, 0.1) is 6.92 Å². The van der Waals surface area contributed by atoms with Crippen LogP contribution < -0.4 is 15.8 Å². The predicted octanol–water partition coefficient (Wildman–Crippen LogP) is 1.23. The van der Waals surface area contributed by atoms with Gasteiger partial charge >= 0.3 is 0 Å². The van der Waals surface area contributed by atoms with E-state index in [2.05, 4.69) is 5.32 Å². The molecule has 1 aromatic carbocycles. The molecule has 17 heavy (non-hydrogen) atoms. The molecule has 0 aromatic heterocycles. The van der Waals surface area contributed by atoms with Crippen molar-refractivity contribution in [1.82, 2.24) is 5.32 Å². The highest BCUT2D eigenvalue weighted by Crippen LogP contribution is 2.12. The van der Waals surface area contributed by atoms with Crippen LogP contribution in [0.25, 0.3) is 0 Å².